The number of carboxylic acids is 2. The van der Waals surface area contributed by atoms with Crippen LogP contribution in [-0.2, 0) is 9.59 Å². The molecule has 0 amide bonds. The lowest BCUT2D eigenvalue weighted by Crippen LogP contribution is -2.11. The van der Waals surface area contributed by atoms with E-state index in [9.17, 15) is 19.2 Å². The summed E-state index contributed by atoms with van der Waals surface area (Å²) in [6, 6.07) is 11.0. The van der Waals surface area contributed by atoms with E-state index in [1.54, 1.807) is 0 Å². The molecule has 8 nitrogen and oxygen atoms in total. The van der Waals surface area contributed by atoms with Gasteiger partial charge in [-0.25, -0.2) is 19.2 Å². The van der Waals surface area contributed by atoms with Crippen molar-refractivity contribution < 1.29 is 38.9 Å². The summed E-state index contributed by atoms with van der Waals surface area (Å²) < 4.78 is 9.72. The number of rotatable bonds is 6. The van der Waals surface area contributed by atoms with Crippen molar-refractivity contribution in [3.8, 4) is 11.5 Å². The number of benzene rings is 2. The molecule has 132 valence electrons. The number of carbonyl (C=O) groups excluding carboxylic acids is 2. The minimum absolute atomic E-state index is 0.181. The number of hydrogen-bond acceptors (Lipinski definition) is 6. The third kappa shape index (κ3) is 4.78. The molecule has 2 aromatic carbocycles. The predicted molar refractivity (Wildman–Crippen MR) is 87.2 cm³/mol. The molecule has 0 aliphatic heterocycles. The summed E-state index contributed by atoms with van der Waals surface area (Å²) in [4.78, 5) is 45.5. The average molecular weight is 356 g/mol. The molecule has 0 heterocycles. The fourth-order valence-corrected chi connectivity index (χ4v) is 1.89. The van der Waals surface area contributed by atoms with Gasteiger partial charge in [0.05, 0.1) is 0 Å². The van der Waals surface area contributed by atoms with E-state index in [2.05, 4.69) is 0 Å². The molecule has 0 spiro atoms. The first-order valence-corrected chi connectivity index (χ1v) is 7.15. The topological polar surface area (TPSA) is 127 Å². The molecular weight excluding hydrogens is 344 g/mol. The van der Waals surface area contributed by atoms with Gasteiger partial charge in [-0.3, -0.25) is 0 Å². The van der Waals surface area contributed by atoms with Crippen LogP contribution in [0.3, 0.4) is 0 Å². The van der Waals surface area contributed by atoms with E-state index in [4.69, 9.17) is 19.7 Å². The first kappa shape index (κ1) is 18.4. The van der Waals surface area contributed by atoms with Crippen molar-refractivity contribution in [2.75, 3.05) is 0 Å². The zero-order valence-corrected chi connectivity index (χ0v) is 13.1. The number of carbonyl (C=O) groups is 4. The minimum atomic E-state index is -1.28. The molecule has 0 atom stereocenters. The van der Waals surface area contributed by atoms with Gasteiger partial charge in [0.15, 0.2) is 0 Å². The van der Waals surface area contributed by atoms with E-state index in [0.717, 1.165) is 12.2 Å². The van der Waals surface area contributed by atoms with E-state index in [0.29, 0.717) is 0 Å². The second kappa shape index (κ2) is 8.25. The lowest BCUT2D eigenvalue weighted by molar-refractivity contribution is -0.131. The summed E-state index contributed by atoms with van der Waals surface area (Å²) in [6.45, 7) is 0. The van der Waals surface area contributed by atoms with Crippen molar-refractivity contribution in [3.05, 3.63) is 71.8 Å². The maximum atomic E-state index is 11.7. The van der Waals surface area contributed by atoms with Gasteiger partial charge in [-0.1, -0.05) is 24.3 Å². The van der Waals surface area contributed by atoms with E-state index in [1.807, 2.05) is 0 Å². The Kier molecular flexibility index (Phi) is 5.83. The van der Waals surface area contributed by atoms with Gasteiger partial charge < -0.3 is 19.7 Å². The Bertz CT molecular complexity index is 824. The van der Waals surface area contributed by atoms with Gasteiger partial charge in [0.1, 0.15) is 22.6 Å². The highest BCUT2D eigenvalue weighted by atomic mass is 16.5. The second-order valence-corrected chi connectivity index (χ2v) is 4.78. The molecule has 2 rings (SSSR count). The monoisotopic (exact) mass is 356 g/mol. The van der Waals surface area contributed by atoms with Crippen LogP contribution in [0.2, 0.25) is 0 Å². The molecule has 0 aromatic heterocycles. The van der Waals surface area contributed by atoms with Crippen molar-refractivity contribution in [2.24, 2.45) is 0 Å². The van der Waals surface area contributed by atoms with Crippen LogP contribution in [0.25, 0.3) is 0 Å². The van der Waals surface area contributed by atoms with Gasteiger partial charge in [0, 0.05) is 12.2 Å². The number of aromatic carboxylic acids is 2. The van der Waals surface area contributed by atoms with Crippen LogP contribution in [0, 0.1) is 0 Å². The summed E-state index contributed by atoms with van der Waals surface area (Å²) >= 11 is 0. The summed E-state index contributed by atoms with van der Waals surface area (Å²) in [5.74, 6) is -4.91. The van der Waals surface area contributed by atoms with Crippen LogP contribution in [0.5, 0.6) is 11.5 Å². The van der Waals surface area contributed by atoms with E-state index in [1.165, 1.54) is 48.5 Å². The molecule has 0 aliphatic carbocycles. The molecule has 0 saturated heterocycles. The predicted octanol–water partition coefficient (Wildman–Crippen LogP) is 2.15. The molecule has 2 N–H and O–H groups in total. The Morgan fingerprint density at radius 1 is 0.654 bits per heavy atom. The first-order chi connectivity index (χ1) is 12.4. The summed E-state index contributed by atoms with van der Waals surface area (Å²) in [7, 11) is 0. The van der Waals surface area contributed by atoms with Gasteiger partial charge in [0.2, 0.25) is 0 Å². The Morgan fingerprint density at radius 3 is 1.35 bits per heavy atom. The minimum Gasteiger partial charge on any atom is -0.478 e. The Hall–Kier alpha value is -3.94. The molecule has 26 heavy (non-hydrogen) atoms. The normalized spacial score (nSPS) is 10.3. The highest BCUT2D eigenvalue weighted by molar-refractivity contribution is 5.97. The van der Waals surface area contributed by atoms with Crippen molar-refractivity contribution in [1.29, 1.82) is 0 Å². The average Bonchev–Trinajstić information content (AvgIpc) is 2.60. The lowest BCUT2D eigenvalue weighted by atomic mass is 10.2. The van der Waals surface area contributed by atoms with Crippen LogP contribution in [0.4, 0.5) is 0 Å². The summed E-state index contributed by atoms with van der Waals surface area (Å²) in [6.07, 6.45) is 1.48. The van der Waals surface area contributed by atoms with Crippen molar-refractivity contribution in [2.45, 2.75) is 0 Å². The van der Waals surface area contributed by atoms with Gasteiger partial charge in [-0.05, 0) is 24.3 Å². The van der Waals surface area contributed by atoms with Gasteiger partial charge in [0.25, 0.3) is 0 Å². The van der Waals surface area contributed by atoms with Gasteiger partial charge in [-0.15, -0.1) is 0 Å². The standard InChI is InChI=1S/C18H12O8/c19-15(25-13-7-3-1-5-11(13)17(21)22)9-10-16(20)26-14-8-4-2-6-12(14)18(23)24/h1-10H,(H,21,22)(H,23,24)/b10-9+. The molecule has 8 heteroatoms. The largest absolute Gasteiger partial charge is 0.478 e. The quantitative estimate of drug-likeness (QED) is 0.458. The Labute approximate surface area is 146 Å². The number of carboxylic acid groups (broad SMARTS) is 2. The molecular formula is C18H12O8. The molecule has 0 bridgehead atoms. The summed E-state index contributed by atoms with van der Waals surface area (Å²) in [5, 5.41) is 18.0. The molecule has 0 fully saturated rings. The van der Waals surface area contributed by atoms with Crippen molar-refractivity contribution in [3.63, 3.8) is 0 Å². The highest BCUT2D eigenvalue weighted by Crippen LogP contribution is 2.19. The van der Waals surface area contributed by atoms with Crippen molar-refractivity contribution in [1.82, 2.24) is 0 Å². The zero-order chi connectivity index (χ0) is 19.1. The van der Waals surface area contributed by atoms with Gasteiger partial charge >= 0.3 is 23.9 Å². The maximum absolute atomic E-state index is 11.7. The number of para-hydroxylation sites is 2. The Balaban J connectivity index is 2.04. The van der Waals surface area contributed by atoms with Gasteiger partial charge in [-0.2, -0.15) is 0 Å². The number of ether oxygens (including phenoxy) is 2. The van der Waals surface area contributed by atoms with E-state index >= 15 is 0 Å². The third-order valence-corrected chi connectivity index (χ3v) is 3.01. The molecule has 2 aromatic rings. The Morgan fingerprint density at radius 2 is 1.00 bits per heavy atom. The highest BCUT2D eigenvalue weighted by Gasteiger charge is 2.14. The van der Waals surface area contributed by atoms with Crippen LogP contribution in [0.1, 0.15) is 20.7 Å². The van der Waals surface area contributed by atoms with E-state index in [-0.39, 0.29) is 22.6 Å². The zero-order valence-electron chi connectivity index (χ0n) is 13.1. The molecule has 0 aliphatic rings. The SMILES string of the molecule is O=C(/C=C/C(=O)Oc1ccccc1C(=O)O)Oc1ccccc1C(=O)O. The van der Waals surface area contributed by atoms with Crippen LogP contribution >= 0.6 is 0 Å². The molecule has 0 radical (unpaired) electrons. The lowest BCUT2D eigenvalue weighted by Gasteiger charge is -2.05. The maximum Gasteiger partial charge on any atom is 0.339 e. The van der Waals surface area contributed by atoms with Crippen LogP contribution in [-0.4, -0.2) is 34.1 Å². The molecule has 0 unspecified atom stereocenters. The third-order valence-electron chi connectivity index (χ3n) is 3.01. The van der Waals surface area contributed by atoms with E-state index < -0.39 is 23.9 Å². The van der Waals surface area contributed by atoms with Crippen LogP contribution in [0.15, 0.2) is 60.7 Å². The number of hydrogen-bond donors (Lipinski definition) is 2. The second-order valence-electron chi connectivity index (χ2n) is 4.78. The number of esters is 2. The smallest absolute Gasteiger partial charge is 0.339 e. The summed E-state index contributed by atoms with van der Waals surface area (Å²) in [5.41, 5.74) is -0.431. The van der Waals surface area contributed by atoms with Crippen LogP contribution < -0.4 is 9.47 Å². The first-order valence-electron chi connectivity index (χ1n) is 7.15. The molecule has 0 saturated carbocycles. The fourth-order valence-electron chi connectivity index (χ4n) is 1.89. The fraction of sp³-hybridized carbons (Fsp3) is 0. The van der Waals surface area contributed by atoms with Crippen molar-refractivity contribution >= 4 is 23.9 Å².